The van der Waals surface area contributed by atoms with E-state index in [-0.39, 0.29) is 0 Å². The fourth-order valence-corrected chi connectivity index (χ4v) is 2.09. The van der Waals surface area contributed by atoms with E-state index in [0.717, 1.165) is 12.2 Å². The second-order valence-corrected chi connectivity index (χ2v) is 4.82. The van der Waals surface area contributed by atoms with Gasteiger partial charge in [0.25, 0.3) is 0 Å². The summed E-state index contributed by atoms with van der Waals surface area (Å²) in [5.41, 5.74) is 4.95. The Balaban J connectivity index is 2.19. The lowest BCUT2D eigenvalue weighted by Crippen LogP contribution is -2.22. The highest BCUT2D eigenvalue weighted by Gasteiger charge is 2.11. The second-order valence-electron chi connectivity index (χ2n) is 4.82. The van der Waals surface area contributed by atoms with Crippen molar-refractivity contribution < 1.29 is 0 Å². The number of aromatic nitrogens is 2. The molecular formula is C15H21N3. The monoisotopic (exact) mass is 243 g/mol. The van der Waals surface area contributed by atoms with Gasteiger partial charge < -0.3 is 9.88 Å². The molecule has 0 aliphatic carbocycles. The van der Waals surface area contributed by atoms with Gasteiger partial charge in [-0.3, -0.25) is 0 Å². The zero-order chi connectivity index (χ0) is 13.1. The second kappa shape index (κ2) is 5.36. The Labute approximate surface area is 109 Å². The molecule has 1 aromatic carbocycles. The lowest BCUT2D eigenvalue weighted by atomic mass is 10.1. The number of imidazole rings is 1. The molecule has 1 N–H and O–H groups in total. The fourth-order valence-electron chi connectivity index (χ4n) is 2.09. The number of hydrogen-bond donors (Lipinski definition) is 1. The van der Waals surface area contributed by atoms with Crippen molar-refractivity contribution in [2.24, 2.45) is 0 Å². The summed E-state index contributed by atoms with van der Waals surface area (Å²) in [6.45, 7) is 7.18. The number of nitrogens with one attached hydrogen (secondary N) is 1. The normalized spacial score (nSPS) is 12.7. The molecule has 18 heavy (non-hydrogen) atoms. The molecule has 1 atom stereocenters. The molecule has 2 aromatic rings. The molecular weight excluding hydrogens is 222 g/mol. The van der Waals surface area contributed by atoms with Gasteiger partial charge in [-0.25, -0.2) is 4.98 Å². The quantitative estimate of drug-likeness (QED) is 0.895. The van der Waals surface area contributed by atoms with E-state index in [1.165, 1.54) is 16.8 Å². The van der Waals surface area contributed by atoms with Gasteiger partial charge in [0, 0.05) is 18.3 Å². The van der Waals surface area contributed by atoms with E-state index in [1.54, 1.807) is 0 Å². The van der Waals surface area contributed by atoms with Crippen molar-refractivity contribution in [3.05, 3.63) is 53.1 Å². The minimum absolute atomic E-state index is 0.318. The van der Waals surface area contributed by atoms with Crippen LogP contribution in [0.25, 0.3) is 0 Å². The Hall–Kier alpha value is -1.61. The summed E-state index contributed by atoms with van der Waals surface area (Å²) in [6, 6.07) is 9.01. The molecule has 96 valence electrons. The van der Waals surface area contributed by atoms with Crippen molar-refractivity contribution in [2.45, 2.75) is 33.4 Å². The summed E-state index contributed by atoms with van der Waals surface area (Å²) < 4.78 is 2.20. The fraction of sp³-hybridized carbons (Fsp3) is 0.400. The predicted molar refractivity (Wildman–Crippen MR) is 74.7 cm³/mol. The van der Waals surface area contributed by atoms with Crippen LogP contribution in [0, 0.1) is 20.8 Å². The number of hydrogen-bond acceptors (Lipinski definition) is 2. The molecule has 0 saturated carbocycles. The Morgan fingerprint density at radius 2 is 1.83 bits per heavy atom. The number of aryl methyl sites for hydroxylation is 2. The van der Waals surface area contributed by atoms with Crippen LogP contribution < -0.4 is 5.32 Å². The van der Waals surface area contributed by atoms with E-state index in [1.807, 2.05) is 20.3 Å². The lowest BCUT2D eigenvalue weighted by molar-refractivity contribution is 0.494. The summed E-state index contributed by atoms with van der Waals surface area (Å²) in [6.07, 6.45) is 1.92. The molecule has 3 nitrogen and oxygen atoms in total. The smallest absolute Gasteiger partial charge is 0.0952 e. The van der Waals surface area contributed by atoms with Gasteiger partial charge in [0.15, 0.2) is 0 Å². The standard InChI is InChI=1S/C15H21N3/c1-11-5-7-14(8-6-11)15(16-4)9-18-10-17-12(2)13(18)3/h5-8,10,15-16H,9H2,1-4H3. The van der Waals surface area contributed by atoms with Gasteiger partial charge in [0.2, 0.25) is 0 Å². The summed E-state index contributed by atoms with van der Waals surface area (Å²) in [4.78, 5) is 4.35. The third kappa shape index (κ3) is 2.62. The van der Waals surface area contributed by atoms with Crippen LogP contribution >= 0.6 is 0 Å². The maximum atomic E-state index is 4.35. The van der Waals surface area contributed by atoms with Gasteiger partial charge >= 0.3 is 0 Å². The van der Waals surface area contributed by atoms with Crippen LogP contribution in [-0.2, 0) is 6.54 Å². The molecule has 0 spiro atoms. The van der Waals surface area contributed by atoms with Crippen LogP contribution in [0.4, 0.5) is 0 Å². The van der Waals surface area contributed by atoms with Gasteiger partial charge in [-0.05, 0) is 33.4 Å². The number of rotatable bonds is 4. The van der Waals surface area contributed by atoms with E-state index >= 15 is 0 Å². The summed E-state index contributed by atoms with van der Waals surface area (Å²) in [7, 11) is 2.00. The minimum atomic E-state index is 0.318. The van der Waals surface area contributed by atoms with Crippen molar-refractivity contribution in [3.63, 3.8) is 0 Å². The van der Waals surface area contributed by atoms with E-state index < -0.39 is 0 Å². The van der Waals surface area contributed by atoms with E-state index in [0.29, 0.717) is 6.04 Å². The molecule has 0 saturated heterocycles. The highest BCUT2D eigenvalue weighted by atomic mass is 15.1. The average Bonchev–Trinajstić information content (AvgIpc) is 2.69. The number of nitrogens with zero attached hydrogens (tertiary/aromatic N) is 2. The van der Waals surface area contributed by atoms with E-state index in [9.17, 15) is 0 Å². The molecule has 3 heteroatoms. The van der Waals surface area contributed by atoms with Crippen LogP contribution in [-0.4, -0.2) is 16.6 Å². The summed E-state index contributed by atoms with van der Waals surface area (Å²) in [5.74, 6) is 0. The highest BCUT2D eigenvalue weighted by Crippen LogP contribution is 2.17. The number of benzene rings is 1. The zero-order valence-corrected chi connectivity index (χ0v) is 11.6. The van der Waals surface area contributed by atoms with E-state index in [4.69, 9.17) is 0 Å². The average molecular weight is 243 g/mol. The molecule has 1 aromatic heterocycles. The summed E-state index contributed by atoms with van der Waals surface area (Å²) >= 11 is 0. The van der Waals surface area contributed by atoms with Crippen LogP contribution in [0.5, 0.6) is 0 Å². The molecule has 0 bridgehead atoms. The topological polar surface area (TPSA) is 29.9 Å². The first kappa shape index (κ1) is 12.8. The molecule has 1 heterocycles. The van der Waals surface area contributed by atoms with Gasteiger partial charge in [0.05, 0.1) is 12.0 Å². The van der Waals surface area contributed by atoms with Crippen LogP contribution in [0.2, 0.25) is 0 Å². The SMILES string of the molecule is CNC(Cn1cnc(C)c1C)c1ccc(C)cc1. The van der Waals surface area contributed by atoms with E-state index in [2.05, 4.69) is 53.0 Å². The lowest BCUT2D eigenvalue weighted by Gasteiger charge is -2.18. The minimum Gasteiger partial charge on any atom is -0.333 e. The Morgan fingerprint density at radius 1 is 1.17 bits per heavy atom. The van der Waals surface area contributed by atoms with Gasteiger partial charge in [-0.1, -0.05) is 29.8 Å². The Morgan fingerprint density at radius 3 is 2.33 bits per heavy atom. The van der Waals surface area contributed by atoms with Gasteiger partial charge in [0.1, 0.15) is 0 Å². The first-order chi connectivity index (χ1) is 8.61. The molecule has 0 radical (unpaired) electrons. The van der Waals surface area contributed by atoms with Crippen molar-refractivity contribution in [2.75, 3.05) is 7.05 Å². The van der Waals surface area contributed by atoms with Crippen LogP contribution in [0.1, 0.15) is 28.6 Å². The van der Waals surface area contributed by atoms with Crippen molar-refractivity contribution in [1.29, 1.82) is 0 Å². The van der Waals surface area contributed by atoms with Gasteiger partial charge in [-0.2, -0.15) is 0 Å². The molecule has 0 fully saturated rings. The van der Waals surface area contributed by atoms with Crippen molar-refractivity contribution >= 4 is 0 Å². The molecule has 0 aliphatic rings. The summed E-state index contributed by atoms with van der Waals surface area (Å²) in [5, 5.41) is 3.37. The molecule has 0 aliphatic heterocycles. The first-order valence-electron chi connectivity index (χ1n) is 6.34. The molecule has 2 rings (SSSR count). The van der Waals surface area contributed by atoms with Crippen LogP contribution in [0.15, 0.2) is 30.6 Å². The first-order valence-corrected chi connectivity index (χ1v) is 6.34. The van der Waals surface area contributed by atoms with Crippen molar-refractivity contribution in [1.82, 2.24) is 14.9 Å². The Bertz CT molecular complexity index is 511. The Kier molecular flexibility index (Phi) is 3.82. The molecule has 0 amide bonds. The zero-order valence-electron chi connectivity index (χ0n) is 11.6. The molecule has 1 unspecified atom stereocenters. The number of likely N-dealkylation sites (N-methyl/N-ethyl adjacent to an activating group) is 1. The maximum Gasteiger partial charge on any atom is 0.0952 e. The van der Waals surface area contributed by atoms with Gasteiger partial charge in [-0.15, -0.1) is 0 Å². The van der Waals surface area contributed by atoms with Crippen molar-refractivity contribution in [3.8, 4) is 0 Å². The predicted octanol–water partition coefficient (Wildman–Crippen LogP) is 2.77. The third-order valence-electron chi connectivity index (χ3n) is 3.55. The largest absolute Gasteiger partial charge is 0.333 e. The maximum absolute atomic E-state index is 4.35. The highest BCUT2D eigenvalue weighted by molar-refractivity contribution is 5.24. The van der Waals surface area contributed by atoms with Crippen LogP contribution in [0.3, 0.4) is 0 Å². The third-order valence-corrected chi connectivity index (χ3v) is 3.55.